The summed E-state index contributed by atoms with van der Waals surface area (Å²) in [6.07, 6.45) is 2.76. The quantitative estimate of drug-likeness (QED) is 0.466. The lowest BCUT2D eigenvalue weighted by Crippen LogP contribution is -2.31. The zero-order chi connectivity index (χ0) is 8.69. The number of thioether (sulfide) groups is 1. The highest BCUT2D eigenvalue weighted by Gasteiger charge is 2.08. The second kappa shape index (κ2) is 6.03. The summed E-state index contributed by atoms with van der Waals surface area (Å²) >= 11 is 1.66. The van der Waals surface area contributed by atoms with Crippen molar-refractivity contribution in [2.24, 2.45) is 0 Å². The van der Waals surface area contributed by atoms with Gasteiger partial charge in [-0.15, -0.1) is 0 Å². The normalized spacial score (nSPS) is 9.18. The summed E-state index contributed by atoms with van der Waals surface area (Å²) in [5, 5.41) is 10.4. The van der Waals surface area contributed by atoms with Crippen molar-refractivity contribution in [2.75, 3.05) is 18.6 Å². The molecule has 2 N–H and O–H groups in total. The standard InChI is InChI=1S/C6H11NO3S/c1-11-4-2-3-7-5(8)6(9)10/h2-4H2,1H3,(H,7,8)(H,9,10). The Kier molecular flexibility index (Phi) is 5.64. The van der Waals surface area contributed by atoms with Crippen LogP contribution in [0.2, 0.25) is 0 Å². The maximum atomic E-state index is 10.4. The Bertz CT molecular complexity index is 149. The lowest BCUT2D eigenvalue weighted by atomic mass is 10.4. The first kappa shape index (κ1) is 10.3. The fourth-order valence-electron chi connectivity index (χ4n) is 0.494. The van der Waals surface area contributed by atoms with E-state index in [0.717, 1.165) is 12.2 Å². The van der Waals surface area contributed by atoms with Crippen LogP contribution in [0.4, 0.5) is 0 Å². The fourth-order valence-corrected chi connectivity index (χ4v) is 0.927. The molecule has 5 heteroatoms. The topological polar surface area (TPSA) is 66.4 Å². The summed E-state index contributed by atoms with van der Waals surface area (Å²) in [4.78, 5) is 20.3. The van der Waals surface area contributed by atoms with Gasteiger partial charge < -0.3 is 10.4 Å². The van der Waals surface area contributed by atoms with Gasteiger partial charge in [-0.3, -0.25) is 4.79 Å². The number of carboxylic acid groups (broad SMARTS) is 1. The van der Waals surface area contributed by atoms with E-state index in [4.69, 9.17) is 5.11 Å². The summed E-state index contributed by atoms with van der Waals surface area (Å²) in [7, 11) is 0. The molecule has 11 heavy (non-hydrogen) atoms. The maximum absolute atomic E-state index is 10.4. The molecule has 0 unspecified atom stereocenters. The molecule has 0 aromatic carbocycles. The van der Waals surface area contributed by atoms with Crippen molar-refractivity contribution in [3.63, 3.8) is 0 Å². The first-order chi connectivity index (χ1) is 5.18. The first-order valence-corrected chi connectivity index (χ1v) is 4.58. The average Bonchev–Trinajstić information content (AvgIpc) is 1.97. The van der Waals surface area contributed by atoms with Crippen LogP contribution in [0.3, 0.4) is 0 Å². The van der Waals surface area contributed by atoms with Gasteiger partial charge in [0.25, 0.3) is 0 Å². The van der Waals surface area contributed by atoms with E-state index < -0.39 is 11.9 Å². The second-order valence-electron chi connectivity index (χ2n) is 1.91. The van der Waals surface area contributed by atoms with Gasteiger partial charge in [0, 0.05) is 6.54 Å². The van der Waals surface area contributed by atoms with Gasteiger partial charge in [-0.2, -0.15) is 11.8 Å². The van der Waals surface area contributed by atoms with Gasteiger partial charge in [-0.25, -0.2) is 4.79 Å². The predicted molar refractivity (Wildman–Crippen MR) is 43.6 cm³/mol. The molecular weight excluding hydrogens is 166 g/mol. The van der Waals surface area contributed by atoms with Crippen LogP contribution >= 0.6 is 11.8 Å². The molecule has 0 saturated heterocycles. The second-order valence-corrected chi connectivity index (χ2v) is 2.89. The molecule has 64 valence electrons. The fraction of sp³-hybridized carbons (Fsp3) is 0.667. The molecule has 0 aliphatic heterocycles. The minimum Gasteiger partial charge on any atom is -0.474 e. The van der Waals surface area contributed by atoms with E-state index in [1.54, 1.807) is 11.8 Å². The number of hydrogen-bond donors (Lipinski definition) is 2. The van der Waals surface area contributed by atoms with Crippen LogP contribution in [0.25, 0.3) is 0 Å². The number of amides is 1. The van der Waals surface area contributed by atoms with Crippen molar-refractivity contribution in [1.29, 1.82) is 0 Å². The summed E-state index contributed by atoms with van der Waals surface area (Å²) < 4.78 is 0. The Morgan fingerprint density at radius 1 is 1.55 bits per heavy atom. The molecule has 0 rings (SSSR count). The molecular formula is C6H11NO3S. The number of carboxylic acids is 1. The highest BCUT2D eigenvalue weighted by atomic mass is 32.2. The van der Waals surface area contributed by atoms with Crippen LogP contribution in [-0.2, 0) is 9.59 Å². The van der Waals surface area contributed by atoms with Crippen LogP contribution in [0.5, 0.6) is 0 Å². The Balaban J connectivity index is 3.25. The van der Waals surface area contributed by atoms with Gasteiger partial charge in [0.05, 0.1) is 0 Å². The number of carbonyl (C=O) groups excluding carboxylic acids is 1. The van der Waals surface area contributed by atoms with Gasteiger partial charge in [-0.05, 0) is 18.4 Å². The van der Waals surface area contributed by atoms with Crippen LogP contribution in [0.15, 0.2) is 0 Å². The van der Waals surface area contributed by atoms with Crippen LogP contribution < -0.4 is 5.32 Å². The molecule has 4 nitrogen and oxygen atoms in total. The van der Waals surface area contributed by atoms with Crippen molar-refractivity contribution in [2.45, 2.75) is 6.42 Å². The van der Waals surface area contributed by atoms with E-state index in [9.17, 15) is 9.59 Å². The smallest absolute Gasteiger partial charge is 0.394 e. The van der Waals surface area contributed by atoms with Crippen molar-refractivity contribution in [3.05, 3.63) is 0 Å². The number of rotatable bonds is 4. The Morgan fingerprint density at radius 3 is 2.64 bits per heavy atom. The van der Waals surface area contributed by atoms with Gasteiger partial charge in [0.1, 0.15) is 0 Å². The Morgan fingerprint density at radius 2 is 2.18 bits per heavy atom. The molecule has 0 fully saturated rings. The molecule has 0 spiro atoms. The molecule has 0 radical (unpaired) electrons. The molecule has 0 saturated carbocycles. The van der Waals surface area contributed by atoms with Gasteiger partial charge >= 0.3 is 11.9 Å². The summed E-state index contributed by atoms with van der Waals surface area (Å²) in [5.41, 5.74) is 0. The molecule has 0 aliphatic rings. The van der Waals surface area contributed by atoms with Crippen molar-refractivity contribution in [3.8, 4) is 0 Å². The van der Waals surface area contributed by atoms with Crippen molar-refractivity contribution >= 4 is 23.6 Å². The van der Waals surface area contributed by atoms with Crippen LogP contribution in [-0.4, -0.2) is 35.5 Å². The lowest BCUT2D eigenvalue weighted by Gasteiger charge is -1.99. The summed E-state index contributed by atoms with van der Waals surface area (Å²) in [6.45, 7) is 0.436. The van der Waals surface area contributed by atoms with E-state index in [2.05, 4.69) is 5.32 Å². The van der Waals surface area contributed by atoms with Crippen LogP contribution in [0.1, 0.15) is 6.42 Å². The largest absolute Gasteiger partial charge is 0.474 e. The van der Waals surface area contributed by atoms with E-state index >= 15 is 0 Å². The molecule has 0 heterocycles. The Labute approximate surface area is 69.4 Å². The Hall–Kier alpha value is -0.710. The molecule has 0 aliphatic carbocycles. The van der Waals surface area contributed by atoms with Gasteiger partial charge in [-0.1, -0.05) is 0 Å². The molecule has 0 aromatic rings. The predicted octanol–water partition coefficient (Wildman–Crippen LogP) is -0.0597. The monoisotopic (exact) mass is 177 g/mol. The third kappa shape index (κ3) is 5.72. The highest BCUT2D eigenvalue weighted by Crippen LogP contribution is 1.92. The van der Waals surface area contributed by atoms with Crippen molar-refractivity contribution in [1.82, 2.24) is 5.32 Å². The van der Waals surface area contributed by atoms with E-state index in [1.165, 1.54) is 0 Å². The molecule has 0 aromatic heterocycles. The number of carbonyl (C=O) groups is 2. The third-order valence-electron chi connectivity index (χ3n) is 1.01. The zero-order valence-corrected chi connectivity index (χ0v) is 7.11. The van der Waals surface area contributed by atoms with Gasteiger partial charge in [0.15, 0.2) is 0 Å². The highest BCUT2D eigenvalue weighted by molar-refractivity contribution is 7.98. The summed E-state index contributed by atoms with van der Waals surface area (Å²) in [6, 6.07) is 0. The van der Waals surface area contributed by atoms with Crippen molar-refractivity contribution < 1.29 is 14.7 Å². The summed E-state index contributed by atoms with van der Waals surface area (Å²) in [5.74, 6) is -1.42. The lowest BCUT2D eigenvalue weighted by molar-refractivity contribution is -0.150. The third-order valence-corrected chi connectivity index (χ3v) is 1.70. The number of nitrogens with one attached hydrogen (secondary N) is 1. The number of aliphatic carboxylic acids is 1. The SMILES string of the molecule is CSCCCNC(=O)C(=O)O. The molecule has 0 bridgehead atoms. The maximum Gasteiger partial charge on any atom is 0.394 e. The van der Waals surface area contributed by atoms with E-state index in [1.807, 2.05) is 6.26 Å². The average molecular weight is 177 g/mol. The molecule has 1 amide bonds. The minimum atomic E-state index is -1.42. The molecule has 0 atom stereocenters. The van der Waals surface area contributed by atoms with Crippen LogP contribution in [0, 0.1) is 0 Å². The van der Waals surface area contributed by atoms with E-state index in [0.29, 0.717) is 6.54 Å². The number of hydrogen-bond acceptors (Lipinski definition) is 3. The zero-order valence-electron chi connectivity index (χ0n) is 6.29. The van der Waals surface area contributed by atoms with Gasteiger partial charge in [0.2, 0.25) is 0 Å². The first-order valence-electron chi connectivity index (χ1n) is 3.18. The van der Waals surface area contributed by atoms with E-state index in [-0.39, 0.29) is 0 Å². The minimum absolute atomic E-state index is 0.436.